The first kappa shape index (κ1) is 23.1. The molecule has 27 heavy (non-hydrogen) atoms. The van der Waals surface area contributed by atoms with Gasteiger partial charge in [0.05, 0.1) is 0 Å². The molecule has 2 aromatic rings. The van der Waals surface area contributed by atoms with Gasteiger partial charge in [-0.25, -0.2) is 8.78 Å². The number of nitrogens with one attached hydrogen (secondary N) is 1. The molecule has 0 spiro atoms. The number of benzene rings is 2. The predicted molar refractivity (Wildman–Crippen MR) is 107 cm³/mol. The Balaban J connectivity index is 0.00000182. The highest BCUT2D eigenvalue weighted by Crippen LogP contribution is 2.16. The van der Waals surface area contributed by atoms with E-state index in [0.717, 1.165) is 37.6 Å². The standard InChI is InChI=1S/C19H21F2N3O.2ClH/c20-17-5-4-13(10-18(17)21)12-24-8-6-16(7-9-24)23-19(25)14-2-1-3-15(22)11-14;;/h1-5,10-11,16H,6-9,12,22H2,(H,23,25);2*1H. The molecular weight excluding hydrogens is 395 g/mol. The number of rotatable bonds is 4. The monoisotopic (exact) mass is 417 g/mol. The van der Waals surface area contributed by atoms with Crippen LogP contribution in [0.4, 0.5) is 14.5 Å². The molecule has 0 radical (unpaired) electrons. The van der Waals surface area contributed by atoms with Crippen molar-refractivity contribution in [2.24, 2.45) is 0 Å². The van der Waals surface area contributed by atoms with Crippen LogP contribution in [-0.4, -0.2) is 29.9 Å². The Morgan fingerprint density at radius 2 is 1.78 bits per heavy atom. The molecule has 0 unspecified atom stereocenters. The second kappa shape index (κ2) is 10.4. The average molecular weight is 418 g/mol. The quantitative estimate of drug-likeness (QED) is 0.743. The normalized spacial score (nSPS) is 14.7. The molecular formula is C19H23Cl2F2N3O. The minimum Gasteiger partial charge on any atom is -0.399 e. The van der Waals surface area contributed by atoms with Crippen LogP contribution in [0.3, 0.4) is 0 Å². The Hall–Kier alpha value is -1.89. The number of carbonyl (C=O) groups is 1. The predicted octanol–water partition coefficient (Wildman–Crippen LogP) is 3.79. The van der Waals surface area contributed by atoms with Gasteiger partial charge in [0, 0.05) is 36.9 Å². The lowest BCUT2D eigenvalue weighted by molar-refractivity contribution is 0.0909. The lowest BCUT2D eigenvalue weighted by Gasteiger charge is -2.32. The van der Waals surface area contributed by atoms with Gasteiger partial charge in [-0.2, -0.15) is 0 Å². The van der Waals surface area contributed by atoms with Gasteiger partial charge >= 0.3 is 0 Å². The third kappa shape index (κ3) is 6.34. The Labute approximate surface area is 169 Å². The van der Waals surface area contributed by atoms with Gasteiger partial charge in [0.25, 0.3) is 5.91 Å². The van der Waals surface area contributed by atoms with E-state index in [1.807, 2.05) is 0 Å². The number of amides is 1. The highest BCUT2D eigenvalue weighted by Gasteiger charge is 2.21. The van der Waals surface area contributed by atoms with Gasteiger partial charge in [0.2, 0.25) is 0 Å². The highest BCUT2D eigenvalue weighted by atomic mass is 35.5. The first-order valence-corrected chi connectivity index (χ1v) is 8.34. The summed E-state index contributed by atoms with van der Waals surface area (Å²) in [4.78, 5) is 14.4. The Kier molecular flexibility index (Phi) is 8.96. The molecule has 0 atom stereocenters. The number of halogens is 4. The lowest BCUT2D eigenvalue weighted by atomic mass is 10.0. The third-order valence-electron chi connectivity index (χ3n) is 4.46. The molecule has 0 bridgehead atoms. The first-order valence-electron chi connectivity index (χ1n) is 8.34. The fourth-order valence-corrected chi connectivity index (χ4v) is 3.08. The number of nitrogen functional groups attached to an aromatic ring is 1. The van der Waals surface area contributed by atoms with E-state index < -0.39 is 11.6 Å². The number of piperidine rings is 1. The van der Waals surface area contributed by atoms with Gasteiger partial charge in [-0.3, -0.25) is 9.69 Å². The van der Waals surface area contributed by atoms with Crippen LogP contribution < -0.4 is 11.1 Å². The maximum Gasteiger partial charge on any atom is 0.251 e. The average Bonchev–Trinajstić information content (AvgIpc) is 2.60. The van der Waals surface area contributed by atoms with E-state index in [-0.39, 0.29) is 36.8 Å². The summed E-state index contributed by atoms with van der Waals surface area (Å²) < 4.78 is 26.3. The smallest absolute Gasteiger partial charge is 0.251 e. The molecule has 0 aromatic heterocycles. The van der Waals surface area contributed by atoms with Gasteiger partial charge in [-0.1, -0.05) is 12.1 Å². The minimum atomic E-state index is -0.827. The van der Waals surface area contributed by atoms with Gasteiger partial charge in [0.15, 0.2) is 11.6 Å². The summed E-state index contributed by atoms with van der Waals surface area (Å²) in [5.74, 6) is -1.76. The summed E-state index contributed by atoms with van der Waals surface area (Å²) in [6.07, 6.45) is 1.63. The van der Waals surface area contributed by atoms with Crippen molar-refractivity contribution >= 4 is 36.4 Å². The molecule has 4 nitrogen and oxygen atoms in total. The number of hydrogen-bond donors (Lipinski definition) is 2. The number of anilines is 1. The van der Waals surface area contributed by atoms with Crippen LogP contribution in [0.2, 0.25) is 0 Å². The van der Waals surface area contributed by atoms with Crippen LogP contribution >= 0.6 is 24.8 Å². The van der Waals surface area contributed by atoms with E-state index >= 15 is 0 Å². The zero-order chi connectivity index (χ0) is 17.8. The van der Waals surface area contributed by atoms with Gasteiger partial charge in [-0.15, -0.1) is 24.8 Å². The van der Waals surface area contributed by atoms with Crippen molar-refractivity contribution in [3.05, 3.63) is 65.2 Å². The maximum absolute atomic E-state index is 13.3. The topological polar surface area (TPSA) is 58.4 Å². The molecule has 1 fully saturated rings. The zero-order valence-corrected chi connectivity index (χ0v) is 16.3. The van der Waals surface area contributed by atoms with Crippen LogP contribution in [0.5, 0.6) is 0 Å². The van der Waals surface area contributed by atoms with E-state index in [0.29, 0.717) is 17.8 Å². The van der Waals surface area contributed by atoms with E-state index in [4.69, 9.17) is 5.73 Å². The van der Waals surface area contributed by atoms with E-state index in [2.05, 4.69) is 10.2 Å². The molecule has 148 valence electrons. The van der Waals surface area contributed by atoms with Crippen molar-refractivity contribution in [3.8, 4) is 0 Å². The van der Waals surface area contributed by atoms with Crippen LogP contribution in [-0.2, 0) is 6.54 Å². The highest BCUT2D eigenvalue weighted by molar-refractivity contribution is 5.95. The number of likely N-dealkylation sites (tertiary alicyclic amines) is 1. The molecule has 0 aliphatic carbocycles. The van der Waals surface area contributed by atoms with Crippen molar-refractivity contribution in [1.29, 1.82) is 0 Å². The molecule has 1 amide bonds. The lowest BCUT2D eigenvalue weighted by Crippen LogP contribution is -2.44. The fourth-order valence-electron chi connectivity index (χ4n) is 3.08. The van der Waals surface area contributed by atoms with E-state index in [9.17, 15) is 13.6 Å². The Morgan fingerprint density at radius 3 is 2.41 bits per heavy atom. The summed E-state index contributed by atoms with van der Waals surface area (Å²) in [5, 5.41) is 3.03. The molecule has 8 heteroatoms. The Morgan fingerprint density at radius 1 is 1.07 bits per heavy atom. The van der Waals surface area contributed by atoms with Crippen LogP contribution in [0.15, 0.2) is 42.5 Å². The fraction of sp³-hybridized carbons (Fsp3) is 0.316. The molecule has 1 aliphatic rings. The van der Waals surface area contributed by atoms with Crippen LogP contribution in [0.1, 0.15) is 28.8 Å². The van der Waals surface area contributed by atoms with Crippen molar-refractivity contribution in [1.82, 2.24) is 10.2 Å². The second-order valence-corrected chi connectivity index (χ2v) is 6.40. The van der Waals surface area contributed by atoms with Gasteiger partial charge < -0.3 is 11.1 Å². The Bertz CT molecular complexity index is 768. The third-order valence-corrected chi connectivity index (χ3v) is 4.46. The molecule has 3 rings (SSSR count). The van der Waals surface area contributed by atoms with E-state index in [1.165, 1.54) is 6.07 Å². The number of hydrogen-bond acceptors (Lipinski definition) is 3. The SMILES string of the molecule is Cl.Cl.Nc1cccc(C(=O)NC2CCN(Cc3ccc(F)c(F)c3)CC2)c1. The second-order valence-electron chi connectivity index (χ2n) is 6.40. The molecule has 3 N–H and O–H groups in total. The maximum atomic E-state index is 13.3. The number of nitrogens with zero attached hydrogens (tertiary/aromatic N) is 1. The van der Waals surface area contributed by atoms with Gasteiger partial charge in [-0.05, 0) is 48.7 Å². The summed E-state index contributed by atoms with van der Waals surface area (Å²) in [6, 6.07) is 11.0. The summed E-state index contributed by atoms with van der Waals surface area (Å²) in [7, 11) is 0. The molecule has 0 saturated carbocycles. The van der Waals surface area contributed by atoms with Crippen LogP contribution in [0, 0.1) is 11.6 Å². The zero-order valence-electron chi connectivity index (χ0n) is 14.7. The molecule has 1 aliphatic heterocycles. The molecule has 1 saturated heterocycles. The van der Waals surface area contributed by atoms with Crippen molar-refractivity contribution in [3.63, 3.8) is 0 Å². The summed E-state index contributed by atoms with van der Waals surface area (Å²) in [6.45, 7) is 2.16. The largest absolute Gasteiger partial charge is 0.399 e. The summed E-state index contributed by atoms with van der Waals surface area (Å²) in [5.41, 5.74) is 7.58. The van der Waals surface area contributed by atoms with E-state index in [1.54, 1.807) is 30.3 Å². The summed E-state index contributed by atoms with van der Waals surface area (Å²) >= 11 is 0. The first-order chi connectivity index (χ1) is 12.0. The van der Waals surface area contributed by atoms with Crippen molar-refractivity contribution in [2.45, 2.75) is 25.4 Å². The minimum absolute atomic E-state index is 0. The molecule has 2 aromatic carbocycles. The van der Waals surface area contributed by atoms with Crippen molar-refractivity contribution in [2.75, 3.05) is 18.8 Å². The van der Waals surface area contributed by atoms with Gasteiger partial charge in [0.1, 0.15) is 0 Å². The van der Waals surface area contributed by atoms with Crippen LogP contribution in [0.25, 0.3) is 0 Å². The van der Waals surface area contributed by atoms with Crippen molar-refractivity contribution < 1.29 is 13.6 Å². The molecule has 1 heterocycles. The number of nitrogens with two attached hydrogens (primary N) is 1. The number of carbonyl (C=O) groups excluding carboxylic acids is 1.